The molecule has 5 heteroatoms. The third-order valence-corrected chi connectivity index (χ3v) is 2.99. The summed E-state index contributed by atoms with van der Waals surface area (Å²) in [5, 5.41) is 3.25. The van der Waals surface area contributed by atoms with E-state index in [2.05, 4.69) is 17.2 Å². The Bertz CT molecular complexity index is 558. The van der Waals surface area contributed by atoms with Crippen LogP contribution in [0.5, 0.6) is 0 Å². The van der Waals surface area contributed by atoms with Gasteiger partial charge in [0.15, 0.2) is 0 Å². The van der Waals surface area contributed by atoms with E-state index in [1.54, 1.807) is 0 Å². The zero-order valence-electron chi connectivity index (χ0n) is 11.8. The van der Waals surface area contributed by atoms with Crippen molar-refractivity contribution in [2.75, 3.05) is 11.9 Å². The maximum atomic E-state index is 13.1. The van der Waals surface area contributed by atoms with Crippen molar-refractivity contribution in [1.82, 2.24) is 9.55 Å². The Kier molecular flexibility index (Phi) is 4.71. The van der Waals surface area contributed by atoms with Gasteiger partial charge in [0.2, 0.25) is 5.95 Å². The van der Waals surface area contributed by atoms with Crippen molar-refractivity contribution in [2.24, 2.45) is 0 Å². The quantitative estimate of drug-likeness (QED) is 0.876. The van der Waals surface area contributed by atoms with Gasteiger partial charge in [-0.05, 0) is 37.5 Å². The lowest BCUT2D eigenvalue weighted by Gasteiger charge is -2.09. The molecule has 0 saturated heterocycles. The van der Waals surface area contributed by atoms with Crippen LogP contribution in [0, 0.1) is 18.6 Å². The van der Waals surface area contributed by atoms with Crippen LogP contribution in [0.15, 0.2) is 24.4 Å². The summed E-state index contributed by atoms with van der Waals surface area (Å²) < 4.78 is 28.2. The number of aryl methyl sites for hydroxylation is 3. The average Bonchev–Trinajstić information content (AvgIpc) is 2.73. The molecule has 2 aromatic rings. The minimum atomic E-state index is -0.536. The van der Waals surface area contributed by atoms with Crippen LogP contribution in [0.3, 0.4) is 0 Å². The van der Waals surface area contributed by atoms with Gasteiger partial charge in [-0.25, -0.2) is 13.8 Å². The molecule has 1 N–H and O–H groups in total. The van der Waals surface area contributed by atoms with Crippen LogP contribution >= 0.6 is 0 Å². The van der Waals surface area contributed by atoms with E-state index in [0.29, 0.717) is 18.5 Å². The molecule has 3 nitrogen and oxygen atoms in total. The molecule has 1 aromatic heterocycles. The van der Waals surface area contributed by atoms with Gasteiger partial charge in [-0.1, -0.05) is 6.92 Å². The van der Waals surface area contributed by atoms with E-state index in [4.69, 9.17) is 0 Å². The molecular weight excluding hydrogens is 260 g/mol. The summed E-state index contributed by atoms with van der Waals surface area (Å²) in [6.45, 7) is 5.50. The van der Waals surface area contributed by atoms with Crippen molar-refractivity contribution in [1.29, 1.82) is 0 Å². The maximum absolute atomic E-state index is 13.1. The van der Waals surface area contributed by atoms with Crippen LogP contribution in [0.4, 0.5) is 14.7 Å². The summed E-state index contributed by atoms with van der Waals surface area (Å²) in [5.74, 6) is -0.265. The number of anilines is 1. The second-order valence-corrected chi connectivity index (χ2v) is 4.85. The van der Waals surface area contributed by atoms with Gasteiger partial charge in [-0.3, -0.25) is 0 Å². The molecule has 1 aromatic carbocycles. The molecule has 0 radical (unpaired) electrons. The Morgan fingerprint density at radius 1 is 1.20 bits per heavy atom. The lowest BCUT2D eigenvalue weighted by molar-refractivity contribution is 0.576. The molecular formula is C15H19F2N3. The van der Waals surface area contributed by atoms with Crippen molar-refractivity contribution in [2.45, 2.75) is 33.2 Å². The number of halogens is 2. The molecule has 0 aliphatic rings. The van der Waals surface area contributed by atoms with E-state index in [1.807, 2.05) is 17.7 Å². The van der Waals surface area contributed by atoms with Gasteiger partial charge in [-0.2, -0.15) is 0 Å². The first-order valence-corrected chi connectivity index (χ1v) is 6.81. The third-order valence-electron chi connectivity index (χ3n) is 2.99. The lowest BCUT2D eigenvalue weighted by Crippen LogP contribution is -2.09. The van der Waals surface area contributed by atoms with Crippen molar-refractivity contribution in [3.8, 4) is 0 Å². The Labute approximate surface area is 117 Å². The molecule has 20 heavy (non-hydrogen) atoms. The molecule has 0 atom stereocenters. The monoisotopic (exact) mass is 279 g/mol. The Morgan fingerprint density at radius 3 is 2.55 bits per heavy atom. The van der Waals surface area contributed by atoms with Crippen molar-refractivity contribution in [3.63, 3.8) is 0 Å². The van der Waals surface area contributed by atoms with Gasteiger partial charge in [0, 0.05) is 25.4 Å². The van der Waals surface area contributed by atoms with Crippen LogP contribution in [0.25, 0.3) is 0 Å². The smallest absolute Gasteiger partial charge is 0.203 e. The predicted octanol–water partition coefficient (Wildman–Crippen LogP) is 3.53. The third kappa shape index (κ3) is 3.79. The molecule has 0 fully saturated rings. The highest BCUT2D eigenvalue weighted by Gasteiger charge is 2.06. The molecule has 0 saturated carbocycles. The minimum absolute atomic E-state index is 0.536. The average molecular weight is 279 g/mol. The zero-order valence-corrected chi connectivity index (χ0v) is 11.8. The van der Waals surface area contributed by atoms with E-state index in [1.165, 1.54) is 12.1 Å². The molecule has 0 spiro atoms. The van der Waals surface area contributed by atoms with Crippen LogP contribution in [-0.4, -0.2) is 16.1 Å². The highest BCUT2D eigenvalue weighted by molar-refractivity contribution is 5.29. The summed E-state index contributed by atoms with van der Waals surface area (Å²) >= 11 is 0. The molecule has 0 unspecified atom stereocenters. The fourth-order valence-electron chi connectivity index (χ4n) is 2.10. The molecule has 108 valence electrons. The van der Waals surface area contributed by atoms with Crippen LogP contribution in [0.2, 0.25) is 0 Å². The SMILES string of the molecule is CCCNc1nc(C)cn1CCc1cc(F)cc(F)c1. The highest BCUT2D eigenvalue weighted by Crippen LogP contribution is 2.13. The topological polar surface area (TPSA) is 29.9 Å². The normalized spacial score (nSPS) is 10.8. The van der Waals surface area contributed by atoms with E-state index in [-0.39, 0.29) is 0 Å². The summed E-state index contributed by atoms with van der Waals surface area (Å²) in [6, 6.07) is 3.62. The second-order valence-electron chi connectivity index (χ2n) is 4.85. The number of rotatable bonds is 6. The van der Waals surface area contributed by atoms with Crippen molar-refractivity contribution >= 4 is 5.95 Å². The van der Waals surface area contributed by atoms with Crippen LogP contribution in [0.1, 0.15) is 24.6 Å². The fourth-order valence-corrected chi connectivity index (χ4v) is 2.10. The van der Waals surface area contributed by atoms with E-state index < -0.39 is 11.6 Å². The minimum Gasteiger partial charge on any atom is -0.356 e. The summed E-state index contributed by atoms with van der Waals surface area (Å²) in [5.41, 5.74) is 1.57. The number of nitrogens with zero attached hydrogens (tertiary/aromatic N) is 2. The maximum Gasteiger partial charge on any atom is 0.203 e. The molecule has 2 rings (SSSR count). The first-order valence-electron chi connectivity index (χ1n) is 6.81. The Hall–Kier alpha value is -1.91. The van der Waals surface area contributed by atoms with E-state index in [0.717, 1.165) is 30.7 Å². The van der Waals surface area contributed by atoms with Gasteiger partial charge in [-0.15, -0.1) is 0 Å². The zero-order chi connectivity index (χ0) is 14.5. The van der Waals surface area contributed by atoms with Crippen molar-refractivity contribution in [3.05, 3.63) is 47.3 Å². The second kappa shape index (κ2) is 6.50. The standard InChI is InChI=1S/C15H19F2N3/c1-3-5-18-15-19-11(2)10-20(15)6-4-12-7-13(16)9-14(17)8-12/h7-10H,3-6H2,1-2H3,(H,18,19). The Morgan fingerprint density at radius 2 is 1.90 bits per heavy atom. The van der Waals surface area contributed by atoms with Gasteiger partial charge in [0.05, 0.1) is 5.69 Å². The van der Waals surface area contributed by atoms with Gasteiger partial charge < -0.3 is 9.88 Å². The van der Waals surface area contributed by atoms with E-state index in [9.17, 15) is 8.78 Å². The molecule has 0 amide bonds. The molecule has 1 heterocycles. The molecule has 0 aliphatic heterocycles. The van der Waals surface area contributed by atoms with Gasteiger partial charge in [0.1, 0.15) is 11.6 Å². The summed E-state index contributed by atoms with van der Waals surface area (Å²) in [6.07, 6.45) is 3.51. The number of imidazole rings is 1. The van der Waals surface area contributed by atoms with Gasteiger partial charge >= 0.3 is 0 Å². The number of aromatic nitrogens is 2. The number of benzene rings is 1. The summed E-state index contributed by atoms with van der Waals surface area (Å²) in [4.78, 5) is 4.40. The first kappa shape index (κ1) is 14.5. The number of hydrogen-bond donors (Lipinski definition) is 1. The molecule has 0 bridgehead atoms. The fraction of sp³-hybridized carbons (Fsp3) is 0.400. The number of hydrogen-bond acceptors (Lipinski definition) is 2. The first-order chi connectivity index (χ1) is 9.58. The largest absolute Gasteiger partial charge is 0.356 e. The van der Waals surface area contributed by atoms with E-state index >= 15 is 0 Å². The van der Waals surface area contributed by atoms with Crippen LogP contribution < -0.4 is 5.32 Å². The predicted molar refractivity (Wildman–Crippen MR) is 75.8 cm³/mol. The lowest BCUT2D eigenvalue weighted by atomic mass is 10.1. The van der Waals surface area contributed by atoms with Crippen LogP contribution in [-0.2, 0) is 13.0 Å². The Balaban J connectivity index is 2.06. The number of nitrogens with one attached hydrogen (secondary N) is 1. The summed E-state index contributed by atoms with van der Waals surface area (Å²) in [7, 11) is 0. The van der Waals surface area contributed by atoms with Gasteiger partial charge in [0.25, 0.3) is 0 Å². The van der Waals surface area contributed by atoms with Crippen molar-refractivity contribution < 1.29 is 8.78 Å². The highest BCUT2D eigenvalue weighted by atomic mass is 19.1. The molecule has 0 aliphatic carbocycles.